The number of aliphatic hydroxyl groups excluding tert-OH is 1. The highest BCUT2D eigenvalue weighted by Gasteiger charge is 2.13. The Morgan fingerprint density at radius 2 is 2.00 bits per heavy atom. The third kappa shape index (κ3) is 4.71. The number of rotatable bonds is 8. The Kier molecular flexibility index (Phi) is 6.01. The van der Waals surface area contributed by atoms with Crippen LogP contribution in [-0.4, -0.2) is 23.3 Å². The fourth-order valence-electron chi connectivity index (χ4n) is 1.96. The van der Waals surface area contributed by atoms with Crippen molar-refractivity contribution in [2.24, 2.45) is 0 Å². The van der Waals surface area contributed by atoms with Gasteiger partial charge in [-0.2, -0.15) is 0 Å². The Morgan fingerprint density at radius 3 is 2.62 bits per heavy atom. The third-order valence-corrected chi connectivity index (χ3v) is 2.95. The summed E-state index contributed by atoms with van der Waals surface area (Å²) in [5, 5.41) is 8.52. The summed E-state index contributed by atoms with van der Waals surface area (Å²) in [6.45, 7) is -0.332. The SMILES string of the molecule is O=C(CO)CCCCCCC1=CCCC1=O. The molecule has 0 radical (unpaired) electrons. The molecule has 0 aromatic rings. The van der Waals surface area contributed by atoms with E-state index in [-0.39, 0.29) is 12.4 Å². The van der Waals surface area contributed by atoms with E-state index in [0.29, 0.717) is 18.6 Å². The number of aliphatic hydroxyl groups is 1. The second-order valence-corrected chi connectivity index (χ2v) is 4.30. The summed E-state index contributed by atoms with van der Waals surface area (Å²) >= 11 is 0. The van der Waals surface area contributed by atoms with Crippen molar-refractivity contribution in [2.75, 3.05) is 6.61 Å². The summed E-state index contributed by atoms with van der Waals surface area (Å²) in [7, 11) is 0. The highest BCUT2D eigenvalue weighted by molar-refractivity contribution is 5.97. The van der Waals surface area contributed by atoms with Crippen molar-refractivity contribution < 1.29 is 14.7 Å². The van der Waals surface area contributed by atoms with E-state index in [1.54, 1.807) is 0 Å². The summed E-state index contributed by atoms with van der Waals surface area (Å²) in [6, 6.07) is 0. The van der Waals surface area contributed by atoms with Gasteiger partial charge in [-0.3, -0.25) is 9.59 Å². The maximum Gasteiger partial charge on any atom is 0.158 e. The number of hydrogen-bond acceptors (Lipinski definition) is 3. The molecule has 0 fully saturated rings. The fraction of sp³-hybridized carbons (Fsp3) is 0.692. The minimum Gasteiger partial charge on any atom is -0.389 e. The Morgan fingerprint density at radius 1 is 1.25 bits per heavy atom. The molecular formula is C13H20O3. The molecule has 0 heterocycles. The van der Waals surface area contributed by atoms with Crippen molar-refractivity contribution in [1.29, 1.82) is 0 Å². The van der Waals surface area contributed by atoms with Crippen LogP contribution in [0.4, 0.5) is 0 Å². The maximum absolute atomic E-state index is 11.3. The Labute approximate surface area is 96.5 Å². The molecule has 16 heavy (non-hydrogen) atoms. The second-order valence-electron chi connectivity index (χ2n) is 4.30. The lowest BCUT2D eigenvalue weighted by Gasteiger charge is -2.01. The zero-order valence-electron chi connectivity index (χ0n) is 9.71. The quantitative estimate of drug-likeness (QED) is 0.643. The molecule has 1 rings (SSSR count). The number of ketones is 2. The van der Waals surface area contributed by atoms with Crippen LogP contribution >= 0.6 is 0 Å². The predicted octanol–water partition coefficient (Wildman–Crippen LogP) is 2.18. The lowest BCUT2D eigenvalue weighted by molar-refractivity contribution is -0.121. The molecular weight excluding hydrogens is 204 g/mol. The first-order valence-corrected chi connectivity index (χ1v) is 6.09. The zero-order chi connectivity index (χ0) is 11.8. The summed E-state index contributed by atoms with van der Waals surface area (Å²) in [6.07, 6.45) is 9.00. The van der Waals surface area contributed by atoms with Gasteiger partial charge in [0.15, 0.2) is 11.6 Å². The van der Waals surface area contributed by atoms with Crippen molar-refractivity contribution in [3.8, 4) is 0 Å². The van der Waals surface area contributed by atoms with Crippen molar-refractivity contribution in [3.05, 3.63) is 11.6 Å². The minimum atomic E-state index is -0.332. The molecule has 0 saturated heterocycles. The molecule has 3 nitrogen and oxygen atoms in total. The molecule has 1 aliphatic carbocycles. The Bertz CT molecular complexity index is 279. The summed E-state index contributed by atoms with van der Waals surface area (Å²) in [5.74, 6) is 0.240. The molecule has 0 aromatic carbocycles. The number of carbonyl (C=O) groups is 2. The molecule has 0 unspecified atom stereocenters. The van der Waals surface area contributed by atoms with E-state index in [4.69, 9.17) is 5.11 Å². The van der Waals surface area contributed by atoms with Crippen molar-refractivity contribution in [1.82, 2.24) is 0 Å². The number of hydrogen-bond donors (Lipinski definition) is 1. The molecule has 90 valence electrons. The molecule has 1 N–H and O–H groups in total. The van der Waals surface area contributed by atoms with Crippen LogP contribution < -0.4 is 0 Å². The highest BCUT2D eigenvalue weighted by atomic mass is 16.3. The molecule has 0 saturated carbocycles. The van der Waals surface area contributed by atoms with Gasteiger partial charge in [-0.05, 0) is 31.3 Å². The van der Waals surface area contributed by atoms with Gasteiger partial charge in [0.1, 0.15) is 6.61 Å². The van der Waals surface area contributed by atoms with Gasteiger partial charge in [-0.25, -0.2) is 0 Å². The van der Waals surface area contributed by atoms with Crippen molar-refractivity contribution in [2.45, 2.75) is 51.4 Å². The average Bonchev–Trinajstić information content (AvgIpc) is 2.69. The van der Waals surface area contributed by atoms with Crippen LogP contribution in [0.3, 0.4) is 0 Å². The topological polar surface area (TPSA) is 54.4 Å². The standard InChI is InChI=1S/C13H20O3/c14-10-12(15)8-4-2-1-3-6-11-7-5-9-13(11)16/h7,14H,1-6,8-10H2. The molecule has 1 aliphatic rings. The van der Waals surface area contributed by atoms with Gasteiger partial charge in [-0.1, -0.05) is 18.9 Å². The lowest BCUT2D eigenvalue weighted by Crippen LogP contribution is -2.02. The van der Waals surface area contributed by atoms with Crippen LogP contribution in [0.1, 0.15) is 51.4 Å². The molecule has 0 bridgehead atoms. The molecule has 0 aromatic heterocycles. The van der Waals surface area contributed by atoms with Crippen molar-refractivity contribution in [3.63, 3.8) is 0 Å². The van der Waals surface area contributed by atoms with Gasteiger partial charge >= 0.3 is 0 Å². The number of Topliss-reactive ketones (excluding diaryl/α,β-unsaturated/α-hetero) is 2. The van der Waals surface area contributed by atoms with Gasteiger partial charge in [0.05, 0.1) is 0 Å². The first kappa shape index (κ1) is 13.1. The van der Waals surface area contributed by atoms with E-state index in [0.717, 1.165) is 44.1 Å². The maximum atomic E-state index is 11.3. The monoisotopic (exact) mass is 224 g/mol. The van der Waals surface area contributed by atoms with Gasteiger partial charge in [0, 0.05) is 12.8 Å². The minimum absolute atomic E-state index is 0.0753. The number of unbranched alkanes of at least 4 members (excludes halogenated alkanes) is 3. The number of carbonyl (C=O) groups excluding carboxylic acids is 2. The fourth-order valence-corrected chi connectivity index (χ4v) is 1.96. The Balaban J connectivity index is 1.96. The first-order valence-electron chi connectivity index (χ1n) is 6.09. The second kappa shape index (κ2) is 7.34. The van der Waals surface area contributed by atoms with Crippen LogP contribution in [-0.2, 0) is 9.59 Å². The third-order valence-electron chi connectivity index (χ3n) is 2.95. The highest BCUT2D eigenvalue weighted by Crippen LogP contribution is 2.20. The molecule has 0 atom stereocenters. The van der Waals surface area contributed by atoms with Crippen molar-refractivity contribution >= 4 is 11.6 Å². The normalized spacial score (nSPS) is 15.3. The van der Waals surface area contributed by atoms with E-state index in [1.807, 2.05) is 0 Å². The van der Waals surface area contributed by atoms with Crippen LogP contribution in [0.5, 0.6) is 0 Å². The molecule has 0 amide bonds. The van der Waals surface area contributed by atoms with Gasteiger partial charge in [0.25, 0.3) is 0 Å². The van der Waals surface area contributed by atoms with Crippen LogP contribution in [0.2, 0.25) is 0 Å². The van der Waals surface area contributed by atoms with Crippen LogP contribution in [0.15, 0.2) is 11.6 Å². The van der Waals surface area contributed by atoms with E-state index in [1.165, 1.54) is 0 Å². The summed E-state index contributed by atoms with van der Waals surface area (Å²) in [4.78, 5) is 22.1. The molecule has 3 heteroatoms. The van der Waals surface area contributed by atoms with E-state index in [9.17, 15) is 9.59 Å². The van der Waals surface area contributed by atoms with Crippen LogP contribution in [0, 0.1) is 0 Å². The predicted molar refractivity (Wildman–Crippen MR) is 62.1 cm³/mol. The lowest BCUT2D eigenvalue weighted by atomic mass is 10.0. The van der Waals surface area contributed by atoms with Crippen LogP contribution in [0.25, 0.3) is 0 Å². The summed E-state index contributed by atoms with van der Waals surface area (Å²) < 4.78 is 0. The smallest absolute Gasteiger partial charge is 0.158 e. The van der Waals surface area contributed by atoms with E-state index in [2.05, 4.69) is 6.08 Å². The molecule has 0 spiro atoms. The van der Waals surface area contributed by atoms with Gasteiger partial charge < -0.3 is 5.11 Å². The average molecular weight is 224 g/mol. The largest absolute Gasteiger partial charge is 0.389 e. The zero-order valence-corrected chi connectivity index (χ0v) is 9.71. The van der Waals surface area contributed by atoms with E-state index >= 15 is 0 Å². The molecule has 0 aliphatic heterocycles. The van der Waals surface area contributed by atoms with E-state index < -0.39 is 0 Å². The Hall–Kier alpha value is -0.960. The number of allylic oxidation sites excluding steroid dienone is 2. The van der Waals surface area contributed by atoms with Gasteiger partial charge in [0.2, 0.25) is 0 Å². The summed E-state index contributed by atoms with van der Waals surface area (Å²) in [5.41, 5.74) is 1.01. The first-order chi connectivity index (χ1) is 7.74. The van der Waals surface area contributed by atoms with Gasteiger partial charge in [-0.15, -0.1) is 0 Å².